The largest absolute Gasteiger partial charge is 0.276 e. The van der Waals surface area contributed by atoms with Gasteiger partial charge in [0.25, 0.3) is 5.24 Å². The minimum absolute atomic E-state index is 0.434. The fourth-order valence-corrected chi connectivity index (χ4v) is 3.43. The molecule has 0 aliphatic carbocycles. The molecular weight excluding hydrogens is 375 g/mol. The highest BCUT2D eigenvalue weighted by molar-refractivity contribution is 9.13. The van der Waals surface area contributed by atoms with Crippen molar-refractivity contribution in [2.24, 2.45) is 0 Å². The summed E-state index contributed by atoms with van der Waals surface area (Å²) in [5.41, 5.74) is 1.50. The zero-order chi connectivity index (χ0) is 11.7. The van der Waals surface area contributed by atoms with E-state index in [0.29, 0.717) is 5.56 Å². The Hall–Kier alpha value is -0.160. The molecule has 0 spiro atoms. The first-order valence-electron chi connectivity index (χ1n) is 4.33. The Morgan fingerprint density at radius 3 is 2.56 bits per heavy atom. The Labute approximate surface area is 119 Å². The van der Waals surface area contributed by atoms with Crippen molar-refractivity contribution in [3.05, 3.63) is 44.2 Å². The van der Waals surface area contributed by atoms with Crippen LogP contribution in [0.15, 0.2) is 38.6 Å². The normalized spacial score (nSPS) is 10.4. The lowest BCUT2D eigenvalue weighted by atomic mass is 10.1. The second-order valence-electron chi connectivity index (χ2n) is 3.09. The number of hydrogen-bond donors (Lipinski definition) is 0. The molecule has 0 radical (unpaired) electrons. The minimum atomic E-state index is -0.434. The SMILES string of the molecule is O=C(Cl)c1cccc(-c2cc(Br)c(Br)s2)c1. The van der Waals surface area contributed by atoms with Crippen molar-refractivity contribution in [1.29, 1.82) is 0 Å². The van der Waals surface area contributed by atoms with E-state index in [2.05, 4.69) is 31.9 Å². The summed E-state index contributed by atoms with van der Waals surface area (Å²) in [6.07, 6.45) is 0. The first-order chi connectivity index (χ1) is 7.58. The molecule has 0 aliphatic rings. The average molecular weight is 380 g/mol. The molecule has 0 fully saturated rings. The molecule has 82 valence electrons. The molecule has 1 heterocycles. The average Bonchev–Trinajstić information content (AvgIpc) is 2.59. The van der Waals surface area contributed by atoms with Gasteiger partial charge in [0.15, 0.2) is 0 Å². The third-order valence-corrected chi connectivity index (χ3v) is 5.54. The fourth-order valence-electron chi connectivity index (χ4n) is 1.28. The van der Waals surface area contributed by atoms with Crippen LogP contribution in [-0.4, -0.2) is 5.24 Å². The van der Waals surface area contributed by atoms with Crippen molar-refractivity contribution in [2.45, 2.75) is 0 Å². The van der Waals surface area contributed by atoms with E-state index in [9.17, 15) is 4.79 Å². The maximum absolute atomic E-state index is 11.1. The van der Waals surface area contributed by atoms with Gasteiger partial charge >= 0.3 is 0 Å². The zero-order valence-corrected chi connectivity index (χ0v) is 12.6. The van der Waals surface area contributed by atoms with Gasteiger partial charge in [-0.2, -0.15) is 0 Å². The maximum Gasteiger partial charge on any atom is 0.252 e. The van der Waals surface area contributed by atoms with Gasteiger partial charge in [0.2, 0.25) is 0 Å². The van der Waals surface area contributed by atoms with Gasteiger partial charge < -0.3 is 0 Å². The predicted molar refractivity (Wildman–Crippen MR) is 75.3 cm³/mol. The smallest absolute Gasteiger partial charge is 0.252 e. The van der Waals surface area contributed by atoms with Crippen molar-refractivity contribution in [3.8, 4) is 10.4 Å². The van der Waals surface area contributed by atoms with Gasteiger partial charge in [-0.25, -0.2) is 0 Å². The van der Waals surface area contributed by atoms with Crippen LogP contribution in [0.3, 0.4) is 0 Å². The molecule has 1 aromatic heterocycles. The quantitative estimate of drug-likeness (QED) is 0.645. The van der Waals surface area contributed by atoms with Gasteiger partial charge in [0, 0.05) is 14.9 Å². The number of rotatable bonds is 2. The van der Waals surface area contributed by atoms with Gasteiger partial charge in [0.1, 0.15) is 0 Å². The van der Waals surface area contributed by atoms with E-state index >= 15 is 0 Å². The third-order valence-electron chi connectivity index (χ3n) is 2.02. The van der Waals surface area contributed by atoms with E-state index < -0.39 is 5.24 Å². The van der Waals surface area contributed by atoms with Gasteiger partial charge in [-0.15, -0.1) is 11.3 Å². The fraction of sp³-hybridized carbons (Fsp3) is 0. The highest BCUT2D eigenvalue weighted by atomic mass is 79.9. The number of hydrogen-bond acceptors (Lipinski definition) is 2. The molecule has 1 nitrogen and oxygen atoms in total. The van der Waals surface area contributed by atoms with E-state index in [1.165, 1.54) is 0 Å². The molecule has 5 heteroatoms. The number of carbonyl (C=O) groups is 1. The number of carbonyl (C=O) groups excluding carboxylic acids is 1. The van der Waals surface area contributed by atoms with Gasteiger partial charge in [0.05, 0.1) is 3.79 Å². The lowest BCUT2D eigenvalue weighted by Crippen LogP contribution is -1.87. The molecular formula is C11H5Br2ClOS. The Morgan fingerprint density at radius 2 is 2.00 bits per heavy atom. The minimum Gasteiger partial charge on any atom is -0.276 e. The molecule has 2 aromatic rings. The maximum atomic E-state index is 11.1. The van der Waals surface area contributed by atoms with Crippen LogP contribution in [0.5, 0.6) is 0 Å². The second-order valence-corrected chi connectivity index (χ2v) is 6.65. The Morgan fingerprint density at radius 1 is 1.25 bits per heavy atom. The van der Waals surface area contributed by atoms with Crippen molar-refractivity contribution in [3.63, 3.8) is 0 Å². The molecule has 0 bridgehead atoms. The van der Waals surface area contributed by atoms with Crippen LogP contribution in [0.4, 0.5) is 0 Å². The zero-order valence-electron chi connectivity index (χ0n) is 7.84. The molecule has 0 N–H and O–H groups in total. The number of benzene rings is 1. The van der Waals surface area contributed by atoms with Crippen LogP contribution in [0, 0.1) is 0 Å². The topological polar surface area (TPSA) is 17.1 Å². The predicted octanol–water partition coefficient (Wildman–Crippen LogP) is 5.32. The molecule has 0 aliphatic heterocycles. The lowest BCUT2D eigenvalue weighted by molar-refractivity contribution is 0.108. The first-order valence-corrected chi connectivity index (χ1v) is 7.11. The van der Waals surface area contributed by atoms with E-state index in [4.69, 9.17) is 11.6 Å². The Bertz CT molecular complexity index is 531. The molecule has 0 unspecified atom stereocenters. The molecule has 16 heavy (non-hydrogen) atoms. The van der Waals surface area contributed by atoms with Gasteiger partial charge in [-0.1, -0.05) is 18.2 Å². The van der Waals surface area contributed by atoms with Crippen molar-refractivity contribution >= 4 is 60.0 Å². The van der Waals surface area contributed by atoms with Crippen LogP contribution >= 0.6 is 54.8 Å². The van der Waals surface area contributed by atoms with E-state index in [-0.39, 0.29) is 0 Å². The molecule has 0 saturated heterocycles. The summed E-state index contributed by atoms with van der Waals surface area (Å²) < 4.78 is 2.04. The lowest BCUT2D eigenvalue weighted by Gasteiger charge is -1.98. The van der Waals surface area contributed by atoms with Crippen molar-refractivity contribution < 1.29 is 4.79 Å². The Kier molecular flexibility index (Phi) is 3.85. The van der Waals surface area contributed by atoms with Gasteiger partial charge in [-0.05, 0) is 61.2 Å². The van der Waals surface area contributed by atoms with Crippen LogP contribution in [0.2, 0.25) is 0 Å². The molecule has 0 atom stereocenters. The van der Waals surface area contributed by atoms with Crippen LogP contribution in [-0.2, 0) is 0 Å². The molecule has 0 amide bonds. The van der Waals surface area contributed by atoms with Gasteiger partial charge in [-0.3, -0.25) is 4.79 Å². The van der Waals surface area contributed by atoms with Crippen LogP contribution < -0.4 is 0 Å². The van der Waals surface area contributed by atoms with E-state index in [1.807, 2.05) is 18.2 Å². The standard InChI is InChI=1S/C11H5Br2ClOS/c12-8-5-9(16-10(8)13)6-2-1-3-7(4-6)11(14)15/h1-5H. The van der Waals surface area contributed by atoms with Crippen molar-refractivity contribution in [2.75, 3.05) is 0 Å². The summed E-state index contributed by atoms with van der Waals surface area (Å²) in [6, 6.07) is 9.28. The third kappa shape index (κ3) is 2.56. The summed E-state index contributed by atoms with van der Waals surface area (Å²) in [5, 5.41) is -0.434. The summed E-state index contributed by atoms with van der Waals surface area (Å²) >= 11 is 13.9. The van der Waals surface area contributed by atoms with Crippen LogP contribution in [0.1, 0.15) is 10.4 Å². The molecule has 2 rings (SSSR count). The van der Waals surface area contributed by atoms with E-state index in [0.717, 1.165) is 18.7 Å². The summed E-state index contributed by atoms with van der Waals surface area (Å²) in [4.78, 5) is 12.1. The molecule has 1 aromatic carbocycles. The van der Waals surface area contributed by atoms with E-state index in [1.54, 1.807) is 23.5 Å². The Balaban J connectivity index is 2.48. The first kappa shape index (κ1) is 12.3. The summed E-state index contributed by atoms with van der Waals surface area (Å²) in [5.74, 6) is 0. The van der Waals surface area contributed by atoms with Crippen LogP contribution in [0.25, 0.3) is 10.4 Å². The van der Waals surface area contributed by atoms with Crippen molar-refractivity contribution in [1.82, 2.24) is 0 Å². The number of halogens is 3. The highest BCUT2D eigenvalue weighted by Gasteiger charge is 2.08. The second kappa shape index (κ2) is 5.00. The molecule has 0 saturated carbocycles. The highest BCUT2D eigenvalue weighted by Crippen LogP contribution is 2.38. The monoisotopic (exact) mass is 378 g/mol. The summed E-state index contributed by atoms with van der Waals surface area (Å²) in [6.45, 7) is 0. The summed E-state index contributed by atoms with van der Waals surface area (Å²) in [7, 11) is 0. The number of thiophene rings is 1.